The van der Waals surface area contributed by atoms with Gasteiger partial charge in [-0.3, -0.25) is 0 Å². The maximum Gasteiger partial charge on any atom is 0.142 e. The Morgan fingerprint density at radius 3 is 2.73 bits per heavy atom. The van der Waals surface area contributed by atoms with Crippen molar-refractivity contribution in [3.63, 3.8) is 0 Å². The molecule has 0 fully saturated rings. The summed E-state index contributed by atoms with van der Waals surface area (Å²) in [5.74, 6) is 1.33. The Morgan fingerprint density at radius 2 is 1.91 bits per heavy atom. The van der Waals surface area contributed by atoms with Crippen LogP contribution in [0, 0.1) is 11.7 Å². The second kappa shape index (κ2) is 5.16. The molecule has 1 heterocycles. The summed E-state index contributed by atoms with van der Waals surface area (Å²) in [6.07, 6.45) is 5.42. The minimum Gasteiger partial charge on any atom is -0.495 e. The van der Waals surface area contributed by atoms with Crippen LogP contribution < -0.4 is 10.1 Å². The molecule has 0 unspecified atom stereocenters. The molecule has 0 aromatic heterocycles. The number of nitrogens with one attached hydrogen (secondary N) is 1. The van der Waals surface area contributed by atoms with Crippen LogP contribution in [-0.4, -0.2) is 7.11 Å². The van der Waals surface area contributed by atoms with Crippen molar-refractivity contribution in [2.75, 3.05) is 12.4 Å². The summed E-state index contributed by atoms with van der Waals surface area (Å²) >= 11 is 0. The molecule has 0 bridgehead atoms. The number of halogens is 1. The highest BCUT2D eigenvalue weighted by Gasteiger charge is 2.39. The summed E-state index contributed by atoms with van der Waals surface area (Å²) < 4.78 is 19.8. The molecule has 1 N–H and O–H groups in total. The fourth-order valence-electron chi connectivity index (χ4n) is 3.80. The van der Waals surface area contributed by atoms with Gasteiger partial charge in [-0.05, 0) is 30.0 Å². The molecule has 3 heteroatoms. The van der Waals surface area contributed by atoms with E-state index in [0.29, 0.717) is 11.8 Å². The number of benzene rings is 2. The van der Waals surface area contributed by atoms with Crippen molar-refractivity contribution in [3.05, 3.63) is 71.6 Å². The number of fused-ring (bicyclic) bond motifs is 3. The fraction of sp³-hybridized carbons (Fsp3) is 0.263. The van der Waals surface area contributed by atoms with E-state index in [1.165, 1.54) is 11.6 Å². The molecule has 1 aliphatic carbocycles. The van der Waals surface area contributed by atoms with E-state index in [9.17, 15) is 4.39 Å². The van der Waals surface area contributed by atoms with Crippen molar-refractivity contribution < 1.29 is 9.13 Å². The van der Waals surface area contributed by atoms with Gasteiger partial charge in [-0.1, -0.05) is 42.5 Å². The van der Waals surface area contributed by atoms with Crippen molar-refractivity contribution >= 4 is 5.69 Å². The monoisotopic (exact) mass is 295 g/mol. The Hall–Kier alpha value is -2.29. The summed E-state index contributed by atoms with van der Waals surface area (Å²) in [4.78, 5) is 0. The predicted octanol–water partition coefficient (Wildman–Crippen LogP) is 4.66. The highest BCUT2D eigenvalue weighted by Crippen LogP contribution is 2.52. The summed E-state index contributed by atoms with van der Waals surface area (Å²) in [6, 6.07) is 13.1. The second-order valence-electron chi connectivity index (χ2n) is 5.92. The van der Waals surface area contributed by atoms with Gasteiger partial charge in [0, 0.05) is 11.5 Å². The van der Waals surface area contributed by atoms with Crippen molar-refractivity contribution in [2.24, 2.45) is 5.92 Å². The first-order chi connectivity index (χ1) is 10.8. The van der Waals surface area contributed by atoms with Gasteiger partial charge in [-0.25, -0.2) is 4.39 Å². The Labute approximate surface area is 129 Å². The average molecular weight is 295 g/mol. The highest BCUT2D eigenvalue weighted by molar-refractivity contribution is 5.67. The molecule has 0 saturated carbocycles. The van der Waals surface area contributed by atoms with Crippen LogP contribution in [0.2, 0.25) is 0 Å². The maximum absolute atomic E-state index is 14.3. The van der Waals surface area contributed by atoms with E-state index in [1.807, 2.05) is 24.3 Å². The van der Waals surface area contributed by atoms with Gasteiger partial charge in [0.2, 0.25) is 0 Å². The Morgan fingerprint density at radius 1 is 1.09 bits per heavy atom. The third-order valence-corrected chi connectivity index (χ3v) is 4.82. The lowest BCUT2D eigenvalue weighted by atomic mass is 9.77. The molecule has 2 aromatic carbocycles. The van der Waals surface area contributed by atoms with Crippen LogP contribution in [0.5, 0.6) is 5.75 Å². The van der Waals surface area contributed by atoms with Crippen LogP contribution in [0.4, 0.5) is 10.1 Å². The van der Waals surface area contributed by atoms with Gasteiger partial charge >= 0.3 is 0 Å². The van der Waals surface area contributed by atoms with Crippen LogP contribution in [0.25, 0.3) is 0 Å². The first-order valence-electron chi connectivity index (χ1n) is 7.64. The van der Waals surface area contributed by atoms with E-state index >= 15 is 0 Å². The normalized spacial score (nSPS) is 25.3. The maximum atomic E-state index is 14.3. The Balaban J connectivity index is 1.85. The number of methoxy groups -OCH3 is 1. The van der Waals surface area contributed by atoms with Gasteiger partial charge in [0.15, 0.2) is 0 Å². The zero-order chi connectivity index (χ0) is 15.1. The molecule has 3 atom stereocenters. The SMILES string of the molecule is COc1cccc2c1N[C@H](c1ccccc1F)[C@@H]1CC=C[C@H]21. The summed E-state index contributed by atoms with van der Waals surface area (Å²) in [5, 5.41) is 3.54. The van der Waals surface area contributed by atoms with Gasteiger partial charge in [0.05, 0.1) is 18.8 Å². The molecule has 112 valence electrons. The van der Waals surface area contributed by atoms with Gasteiger partial charge in [0.25, 0.3) is 0 Å². The Kier molecular flexibility index (Phi) is 3.14. The van der Waals surface area contributed by atoms with Crippen molar-refractivity contribution in [1.29, 1.82) is 0 Å². The molecule has 2 aromatic rings. The number of hydrogen-bond acceptors (Lipinski definition) is 2. The highest BCUT2D eigenvalue weighted by atomic mass is 19.1. The van der Waals surface area contributed by atoms with Crippen LogP contribution in [0.15, 0.2) is 54.6 Å². The standard InChI is InChI=1S/C19H18FNO/c1-22-17-11-5-9-14-12-7-4-8-13(12)18(21-19(14)17)15-6-2-3-10-16(15)20/h2-7,9-13,18,21H,8H2,1H3/t12-,13+,18-/m0/s1. The first-order valence-corrected chi connectivity index (χ1v) is 7.64. The zero-order valence-corrected chi connectivity index (χ0v) is 12.4. The molecule has 0 radical (unpaired) electrons. The molecular formula is C19H18FNO. The zero-order valence-electron chi connectivity index (χ0n) is 12.4. The van der Waals surface area contributed by atoms with Crippen LogP contribution >= 0.6 is 0 Å². The first kappa shape index (κ1) is 13.4. The summed E-state index contributed by atoms with van der Waals surface area (Å²) in [7, 11) is 1.67. The van der Waals surface area contributed by atoms with Crippen LogP contribution in [0.1, 0.15) is 29.5 Å². The van der Waals surface area contributed by atoms with E-state index in [4.69, 9.17) is 4.74 Å². The number of ether oxygens (including phenoxy) is 1. The van der Waals surface area contributed by atoms with Crippen LogP contribution in [-0.2, 0) is 0 Å². The lowest BCUT2D eigenvalue weighted by molar-refractivity contribution is 0.392. The average Bonchev–Trinajstić information content (AvgIpc) is 3.04. The molecule has 2 nitrogen and oxygen atoms in total. The molecule has 1 aliphatic heterocycles. The topological polar surface area (TPSA) is 21.3 Å². The molecule has 0 amide bonds. The quantitative estimate of drug-likeness (QED) is 0.814. The van der Waals surface area contributed by atoms with Gasteiger partial charge in [0.1, 0.15) is 11.6 Å². The molecule has 0 saturated heterocycles. The van der Waals surface area contributed by atoms with Gasteiger partial charge in [-0.2, -0.15) is 0 Å². The van der Waals surface area contributed by atoms with E-state index in [2.05, 4.69) is 23.5 Å². The predicted molar refractivity (Wildman–Crippen MR) is 85.7 cm³/mol. The number of rotatable bonds is 2. The molecule has 2 aliphatic rings. The van der Waals surface area contributed by atoms with Crippen LogP contribution in [0.3, 0.4) is 0 Å². The third kappa shape index (κ3) is 1.92. The lowest BCUT2D eigenvalue weighted by Crippen LogP contribution is -2.30. The number of hydrogen-bond donors (Lipinski definition) is 1. The minimum atomic E-state index is -0.149. The number of para-hydroxylation sites is 1. The number of allylic oxidation sites excluding steroid dienone is 2. The molecule has 4 rings (SSSR count). The smallest absolute Gasteiger partial charge is 0.142 e. The van der Waals surface area contributed by atoms with E-state index in [0.717, 1.165) is 23.4 Å². The number of anilines is 1. The summed E-state index contributed by atoms with van der Waals surface area (Å²) in [5.41, 5.74) is 2.97. The van der Waals surface area contributed by atoms with E-state index < -0.39 is 0 Å². The molecular weight excluding hydrogens is 277 g/mol. The van der Waals surface area contributed by atoms with Crippen molar-refractivity contribution in [3.8, 4) is 5.75 Å². The third-order valence-electron chi connectivity index (χ3n) is 4.82. The van der Waals surface area contributed by atoms with Gasteiger partial charge < -0.3 is 10.1 Å². The molecule has 0 spiro atoms. The van der Waals surface area contributed by atoms with E-state index in [1.54, 1.807) is 13.2 Å². The molecule has 22 heavy (non-hydrogen) atoms. The lowest BCUT2D eigenvalue weighted by Gasteiger charge is -2.38. The fourth-order valence-corrected chi connectivity index (χ4v) is 3.80. The van der Waals surface area contributed by atoms with Crippen molar-refractivity contribution in [1.82, 2.24) is 0 Å². The minimum absolute atomic E-state index is 0.0370. The largest absolute Gasteiger partial charge is 0.495 e. The Bertz CT molecular complexity index is 740. The van der Waals surface area contributed by atoms with E-state index in [-0.39, 0.29) is 11.9 Å². The van der Waals surface area contributed by atoms with Gasteiger partial charge in [-0.15, -0.1) is 0 Å². The van der Waals surface area contributed by atoms with Crippen molar-refractivity contribution in [2.45, 2.75) is 18.4 Å². The summed E-state index contributed by atoms with van der Waals surface area (Å²) in [6.45, 7) is 0. The second-order valence-corrected chi connectivity index (χ2v) is 5.92.